The van der Waals surface area contributed by atoms with Gasteiger partial charge in [0.1, 0.15) is 11.8 Å². The molecule has 0 aromatic carbocycles. The van der Waals surface area contributed by atoms with E-state index in [9.17, 15) is 18.1 Å². The predicted molar refractivity (Wildman–Crippen MR) is 142 cm³/mol. The van der Waals surface area contributed by atoms with Crippen LogP contribution in [-0.2, 0) is 15.4 Å². The normalized spacial score (nSPS) is 15.2. The Morgan fingerprint density at radius 2 is 1.92 bits per heavy atom. The lowest BCUT2D eigenvalue weighted by Gasteiger charge is -2.30. The first-order valence-corrected chi connectivity index (χ1v) is 14.9. The Morgan fingerprint density at radius 1 is 1.28 bits per heavy atom. The van der Waals surface area contributed by atoms with Gasteiger partial charge in [0.25, 0.3) is 10.0 Å². The van der Waals surface area contributed by atoms with Gasteiger partial charge >= 0.3 is 0 Å². The standard InChI is InChI=1S/C23H35N5O5S3/c1-13(2)17(16-10-14(11-33-16)22(3,4)5)25-20-19(26-35(30)27-20)24-15-12-34-21(18(15)29)36(31,32)28(9)23(6,7)8/h10-13,17,29H,1-9H3,(H,24,26)(H,25,27)/t17-,35?/m1/s1. The van der Waals surface area contributed by atoms with Gasteiger partial charge in [-0.15, -0.1) is 15.7 Å². The highest BCUT2D eigenvalue weighted by molar-refractivity contribution is 7.91. The Kier molecular flexibility index (Phi) is 7.83. The number of rotatable bonds is 7. The van der Waals surface area contributed by atoms with E-state index in [-0.39, 0.29) is 32.5 Å². The van der Waals surface area contributed by atoms with Crippen LogP contribution in [0, 0.1) is 5.92 Å². The van der Waals surface area contributed by atoms with E-state index in [0.717, 1.165) is 16.9 Å². The molecule has 3 rings (SSSR count). The molecule has 0 aliphatic rings. The van der Waals surface area contributed by atoms with Crippen LogP contribution < -0.4 is 10.8 Å². The number of H-pyrrole nitrogens is 1. The number of aromatic amines is 1. The summed E-state index contributed by atoms with van der Waals surface area (Å²) in [6.45, 7) is 15.6. The summed E-state index contributed by atoms with van der Waals surface area (Å²) < 4.78 is 51.9. The van der Waals surface area contributed by atoms with Crippen molar-refractivity contribution in [1.29, 1.82) is 0 Å². The quantitative estimate of drug-likeness (QED) is 0.336. The number of aromatic hydroxyl groups is 1. The average Bonchev–Trinajstić information content (AvgIpc) is 3.44. The zero-order chi connectivity index (χ0) is 27.2. The van der Waals surface area contributed by atoms with Gasteiger partial charge in [0, 0.05) is 22.3 Å². The highest BCUT2D eigenvalue weighted by Gasteiger charge is 2.34. The molecule has 0 saturated heterocycles. The molecule has 0 amide bonds. The molecule has 0 spiro atoms. The van der Waals surface area contributed by atoms with Crippen molar-refractivity contribution in [3.8, 4) is 5.75 Å². The molecule has 0 radical (unpaired) electrons. The molecule has 3 aromatic rings. The minimum Gasteiger partial charge on any atom is -0.548 e. The minimum atomic E-state index is -3.94. The third-order valence-electron chi connectivity index (χ3n) is 5.78. The Labute approximate surface area is 219 Å². The van der Waals surface area contributed by atoms with Gasteiger partial charge in [0.2, 0.25) is 11.3 Å². The molecule has 36 heavy (non-hydrogen) atoms. The predicted octanol–water partition coefficient (Wildman–Crippen LogP) is 5.26. The summed E-state index contributed by atoms with van der Waals surface area (Å²) in [5.74, 6) is 0.408. The third kappa shape index (κ3) is 5.86. The molecular weight excluding hydrogens is 522 g/mol. The molecule has 3 aromatic heterocycles. The Morgan fingerprint density at radius 3 is 2.44 bits per heavy atom. The molecule has 2 atom stereocenters. The topological polar surface area (TPSA) is 147 Å². The Balaban J connectivity index is 2.00. The second kappa shape index (κ2) is 9.93. The summed E-state index contributed by atoms with van der Waals surface area (Å²) in [6, 6.07) is 1.58. The van der Waals surface area contributed by atoms with Crippen LogP contribution in [0.1, 0.15) is 72.8 Å². The van der Waals surface area contributed by atoms with Gasteiger partial charge in [-0.2, -0.15) is 4.31 Å². The highest BCUT2D eigenvalue weighted by Crippen LogP contribution is 2.41. The van der Waals surface area contributed by atoms with Crippen molar-refractivity contribution in [2.45, 2.75) is 76.6 Å². The monoisotopic (exact) mass is 557 g/mol. The van der Waals surface area contributed by atoms with Gasteiger partial charge in [-0.3, -0.25) is 0 Å². The lowest BCUT2D eigenvalue weighted by Crippen LogP contribution is -2.42. The number of hydrogen-bond donors (Lipinski definition) is 3. The summed E-state index contributed by atoms with van der Waals surface area (Å²) in [5, 5.41) is 15.1. The summed E-state index contributed by atoms with van der Waals surface area (Å²) >= 11 is -0.893. The highest BCUT2D eigenvalue weighted by atomic mass is 32.2. The maximum atomic E-state index is 13.0. The fourth-order valence-electron chi connectivity index (χ4n) is 3.25. The molecule has 3 N–H and O–H groups in total. The molecule has 0 bridgehead atoms. The van der Waals surface area contributed by atoms with Crippen LogP contribution in [0.5, 0.6) is 5.75 Å². The minimum absolute atomic E-state index is 0.0489. The lowest BCUT2D eigenvalue weighted by atomic mass is 9.88. The van der Waals surface area contributed by atoms with Crippen LogP contribution in [0.2, 0.25) is 0 Å². The van der Waals surface area contributed by atoms with Gasteiger partial charge in [0.15, 0.2) is 21.1 Å². The molecule has 10 nitrogen and oxygen atoms in total. The van der Waals surface area contributed by atoms with Crippen LogP contribution >= 0.6 is 22.5 Å². The molecule has 0 saturated carbocycles. The Hall–Kier alpha value is -2.19. The third-order valence-corrected chi connectivity index (χ3v) is 10.1. The van der Waals surface area contributed by atoms with Crippen LogP contribution in [-0.4, -0.2) is 43.7 Å². The molecule has 0 aliphatic heterocycles. The smallest absolute Gasteiger partial charge is 0.256 e. The number of anilines is 2. The SMILES string of the molecule is CC(C)[C@@H](N=c1[nH][s+]([O-])nc1Nc1csc(S(=O)(=O)N(C)C(C)(C)C)c1O)c1cc(C(C)(C)C)co1. The molecule has 1 unspecified atom stereocenters. The van der Waals surface area contributed by atoms with Crippen LogP contribution in [0.3, 0.4) is 0 Å². The first-order chi connectivity index (χ1) is 16.4. The van der Waals surface area contributed by atoms with Crippen molar-refractivity contribution in [3.05, 3.63) is 34.5 Å². The van der Waals surface area contributed by atoms with Gasteiger partial charge in [0.05, 0.1) is 12.0 Å². The number of nitrogens with one attached hydrogen (secondary N) is 2. The number of sulfonamides is 1. The lowest BCUT2D eigenvalue weighted by molar-refractivity contribution is 0.291. The second-order valence-corrected chi connectivity index (χ2v) is 14.9. The van der Waals surface area contributed by atoms with E-state index in [2.05, 4.69) is 34.8 Å². The van der Waals surface area contributed by atoms with Crippen molar-refractivity contribution in [3.63, 3.8) is 0 Å². The zero-order valence-electron chi connectivity index (χ0n) is 22.0. The number of furan rings is 1. The van der Waals surface area contributed by atoms with Crippen LogP contribution in [0.4, 0.5) is 11.5 Å². The van der Waals surface area contributed by atoms with Crippen molar-refractivity contribution in [2.24, 2.45) is 10.9 Å². The maximum absolute atomic E-state index is 13.0. The van der Waals surface area contributed by atoms with Crippen molar-refractivity contribution < 1.29 is 22.5 Å². The molecular formula is C23H35N5O5S3. The maximum Gasteiger partial charge on any atom is 0.256 e. The summed E-state index contributed by atoms with van der Waals surface area (Å²) in [7, 11) is -2.47. The number of thiophene rings is 1. The van der Waals surface area contributed by atoms with E-state index in [1.165, 1.54) is 16.7 Å². The van der Waals surface area contributed by atoms with E-state index in [1.807, 2.05) is 19.9 Å². The second-order valence-electron chi connectivity index (χ2n) is 11.0. The molecule has 200 valence electrons. The average molecular weight is 558 g/mol. The fourth-order valence-corrected chi connectivity index (χ4v) is 6.81. The van der Waals surface area contributed by atoms with E-state index >= 15 is 0 Å². The van der Waals surface area contributed by atoms with E-state index in [0.29, 0.717) is 5.76 Å². The van der Waals surface area contributed by atoms with E-state index < -0.39 is 38.5 Å². The van der Waals surface area contributed by atoms with Crippen molar-refractivity contribution >= 4 is 44.0 Å². The summed E-state index contributed by atoms with van der Waals surface area (Å²) in [4.78, 5) is 4.74. The van der Waals surface area contributed by atoms with Gasteiger partial charge in [-0.05, 0) is 43.7 Å². The number of aromatic nitrogens is 2. The zero-order valence-corrected chi connectivity index (χ0v) is 24.5. The van der Waals surface area contributed by atoms with E-state index in [1.54, 1.807) is 27.0 Å². The Bertz CT molecular complexity index is 1380. The first-order valence-electron chi connectivity index (χ1n) is 11.4. The molecule has 0 aliphatic carbocycles. The van der Waals surface area contributed by atoms with Crippen LogP contribution in [0.25, 0.3) is 0 Å². The van der Waals surface area contributed by atoms with Crippen molar-refractivity contribution in [2.75, 3.05) is 12.4 Å². The summed E-state index contributed by atoms with van der Waals surface area (Å²) in [5.41, 5.74) is 0.622. The van der Waals surface area contributed by atoms with Gasteiger partial charge in [-0.25, -0.2) is 13.4 Å². The van der Waals surface area contributed by atoms with Gasteiger partial charge < -0.3 is 19.4 Å². The largest absolute Gasteiger partial charge is 0.548 e. The first kappa shape index (κ1) is 28.4. The van der Waals surface area contributed by atoms with E-state index in [4.69, 9.17) is 9.41 Å². The number of nitrogens with zero attached hydrogens (tertiary/aromatic N) is 3. The fraction of sp³-hybridized carbons (Fsp3) is 0.565. The number of hydrogen-bond acceptors (Lipinski definition) is 9. The van der Waals surface area contributed by atoms with Gasteiger partial charge in [-0.1, -0.05) is 34.6 Å². The molecule has 13 heteroatoms. The molecule has 3 heterocycles. The summed E-state index contributed by atoms with van der Waals surface area (Å²) in [6.07, 6.45) is 1.72. The van der Waals surface area contributed by atoms with Crippen molar-refractivity contribution in [1.82, 2.24) is 13.1 Å². The molecule has 0 fully saturated rings. The van der Waals surface area contributed by atoms with Crippen LogP contribution in [0.15, 0.2) is 31.3 Å².